The quantitative estimate of drug-likeness (QED) is 0.689. The molecule has 0 aliphatic heterocycles. The van der Waals surface area contributed by atoms with E-state index in [0.717, 1.165) is 19.2 Å². The van der Waals surface area contributed by atoms with E-state index >= 15 is 0 Å². The molecule has 1 rings (SSSR count). The first-order chi connectivity index (χ1) is 6.90. The number of benzene rings is 1. The van der Waals surface area contributed by atoms with Crippen LogP contribution in [0.1, 0.15) is 0 Å². The van der Waals surface area contributed by atoms with Crippen LogP contribution in [-0.4, -0.2) is 21.2 Å². The minimum atomic E-state index is -5.14. The summed E-state index contributed by atoms with van der Waals surface area (Å²) in [6, 6.07) is 1.92. The summed E-state index contributed by atoms with van der Waals surface area (Å²) in [5.41, 5.74) is -0.848. The average molecular weight is 279 g/mol. The van der Waals surface area contributed by atoms with E-state index in [1.165, 1.54) is 7.11 Å². The van der Waals surface area contributed by atoms with E-state index in [0.29, 0.717) is 0 Å². The van der Waals surface area contributed by atoms with Gasteiger partial charge in [0, 0.05) is 0 Å². The van der Waals surface area contributed by atoms with Crippen LogP contribution < -0.4 is 66.3 Å². The molecule has 84 valence electrons. The molecule has 0 unspecified atom stereocenters. The van der Waals surface area contributed by atoms with Gasteiger partial charge >= 0.3 is 58.4 Å². The molecule has 2 nitrogen and oxygen atoms in total. The maximum atomic E-state index is 12.6. The summed E-state index contributed by atoms with van der Waals surface area (Å²) in [6.45, 7) is -5.14. The summed E-state index contributed by atoms with van der Waals surface area (Å²) in [7, 11) is 2.41. The molecule has 0 aliphatic rings. The van der Waals surface area contributed by atoms with E-state index in [2.05, 4.69) is 4.74 Å². The first kappa shape index (κ1) is 16.6. The molecule has 0 atom stereocenters. The molecule has 16 heavy (non-hydrogen) atoms. The molecule has 0 spiro atoms. The number of ether oxygens (including phenoxy) is 2. The predicted octanol–water partition coefficient (Wildman–Crippen LogP) is -0.584. The minimum Gasteiger partial charge on any atom is -0.500 e. The van der Waals surface area contributed by atoms with Gasteiger partial charge in [0.2, 0.25) is 0 Å². The van der Waals surface area contributed by atoms with E-state index in [9.17, 15) is 12.9 Å². The van der Waals surface area contributed by atoms with Gasteiger partial charge in [-0.3, -0.25) is 0 Å². The van der Waals surface area contributed by atoms with E-state index in [1.807, 2.05) is 0 Å². The summed E-state index contributed by atoms with van der Waals surface area (Å²) < 4.78 is 47.0. The summed E-state index contributed by atoms with van der Waals surface area (Å²) >= 11 is 5.66. The second kappa shape index (κ2) is 6.51. The summed E-state index contributed by atoms with van der Waals surface area (Å²) in [5.74, 6) is -0.319. The zero-order valence-corrected chi connectivity index (χ0v) is 12.9. The SMILES string of the molecule is COc1cc([B-](F)(F)F)c(OC)cc1Cl.[K+]. The number of hydrogen-bond donors (Lipinski definition) is 0. The Kier molecular flexibility index (Phi) is 6.76. The summed E-state index contributed by atoms with van der Waals surface area (Å²) in [4.78, 5) is 0. The van der Waals surface area contributed by atoms with Crippen molar-refractivity contribution >= 4 is 24.0 Å². The number of halogens is 4. The third kappa shape index (κ3) is 3.82. The van der Waals surface area contributed by atoms with Crippen LogP contribution in [0.25, 0.3) is 0 Å². The zero-order valence-electron chi connectivity index (χ0n) is 9.06. The van der Waals surface area contributed by atoms with Crippen LogP contribution in [0, 0.1) is 0 Å². The largest absolute Gasteiger partial charge is 1.00 e. The van der Waals surface area contributed by atoms with Gasteiger partial charge in [0.25, 0.3) is 0 Å². The van der Waals surface area contributed by atoms with Gasteiger partial charge in [0.1, 0.15) is 5.75 Å². The van der Waals surface area contributed by atoms with Crippen molar-refractivity contribution in [2.45, 2.75) is 0 Å². The number of hydrogen-bond acceptors (Lipinski definition) is 2. The fourth-order valence-corrected chi connectivity index (χ4v) is 1.37. The van der Waals surface area contributed by atoms with Crippen molar-refractivity contribution in [1.82, 2.24) is 0 Å². The van der Waals surface area contributed by atoms with Gasteiger partial charge in [-0.25, -0.2) is 0 Å². The van der Waals surface area contributed by atoms with Crippen molar-refractivity contribution in [1.29, 1.82) is 0 Å². The molecular formula is C8H8BClF3KO2. The second-order valence-corrected chi connectivity index (χ2v) is 3.21. The van der Waals surface area contributed by atoms with E-state index in [1.54, 1.807) is 0 Å². The Labute approximate surface area is 139 Å². The van der Waals surface area contributed by atoms with Crippen molar-refractivity contribution < 1.29 is 73.8 Å². The van der Waals surface area contributed by atoms with E-state index in [4.69, 9.17) is 16.3 Å². The molecule has 8 heteroatoms. The van der Waals surface area contributed by atoms with Crippen LogP contribution >= 0.6 is 11.6 Å². The molecule has 0 saturated heterocycles. The van der Waals surface area contributed by atoms with Crippen LogP contribution in [0.5, 0.6) is 11.5 Å². The molecule has 0 amide bonds. The molecule has 0 fully saturated rings. The van der Waals surface area contributed by atoms with Gasteiger partial charge in [-0.15, -0.1) is 0 Å². The third-order valence-corrected chi connectivity index (χ3v) is 2.15. The summed E-state index contributed by atoms with van der Waals surface area (Å²) in [6.07, 6.45) is 0. The van der Waals surface area contributed by atoms with Crippen LogP contribution in [0.2, 0.25) is 5.02 Å². The second-order valence-electron chi connectivity index (χ2n) is 2.80. The van der Waals surface area contributed by atoms with Gasteiger partial charge in [0.05, 0.1) is 25.0 Å². The molecule has 0 radical (unpaired) electrons. The number of rotatable bonds is 3. The van der Waals surface area contributed by atoms with Crippen LogP contribution in [0.3, 0.4) is 0 Å². The molecular weight excluding hydrogens is 270 g/mol. The molecule has 0 aromatic heterocycles. The first-order valence-electron chi connectivity index (χ1n) is 4.01. The average Bonchev–Trinajstić information content (AvgIpc) is 2.15. The normalized spacial score (nSPS) is 10.6. The molecule has 0 saturated carbocycles. The maximum absolute atomic E-state index is 12.6. The van der Waals surface area contributed by atoms with Crippen molar-refractivity contribution in [3.8, 4) is 11.5 Å². The fraction of sp³-hybridized carbons (Fsp3) is 0.250. The number of methoxy groups -OCH3 is 2. The first-order valence-corrected chi connectivity index (χ1v) is 4.39. The standard InChI is InChI=1S/C8H8BClF3O2.K/c1-14-7-4-6(10)8(15-2)3-5(7)9(11,12)13;/h3-4H,1-2H3;/q-1;+1. The van der Waals surface area contributed by atoms with Crippen LogP contribution in [-0.2, 0) is 0 Å². The molecule has 0 heterocycles. The van der Waals surface area contributed by atoms with Crippen molar-refractivity contribution in [2.24, 2.45) is 0 Å². The Morgan fingerprint density at radius 1 is 1.06 bits per heavy atom. The Morgan fingerprint density at radius 3 is 1.94 bits per heavy atom. The van der Waals surface area contributed by atoms with Crippen molar-refractivity contribution in [2.75, 3.05) is 14.2 Å². The van der Waals surface area contributed by atoms with Gasteiger partial charge < -0.3 is 22.4 Å². The Balaban J connectivity index is 0.00000225. The smallest absolute Gasteiger partial charge is 0.500 e. The van der Waals surface area contributed by atoms with Gasteiger partial charge in [0.15, 0.2) is 0 Å². The topological polar surface area (TPSA) is 18.5 Å². The minimum absolute atomic E-state index is 0. The van der Waals surface area contributed by atoms with Gasteiger partial charge in [-0.05, 0) is 12.1 Å². The zero-order chi connectivity index (χ0) is 11.6. The van der Waals surface area contributed by atoms with Crippen molar-refractivity contribution in [3.05, 3.63) is 17.2 Å². The monoisotopic (exact) mass is 278 g/mol. The molecule has 1 aromatic rings. The molecule has 1 aromatic carbocycles. The van der Waals surface area contributed by atoms with E-state index in [-0.39, 0.29) is 67.9 Å². The Morgan fingerprint density at radius 2 is 1.56 bits per heavy atom. The van der Waals surface area contributed by atoms with Crippen molar-refractivity contribution in [3.63, 3.8) is 0 Å². The molecule has 0 aliphatic carbocycles. The maximum Gasteiger partial charge on any atom is 1.00 e. The predicted molar refractivity (Wildman–Crippen MR) is 53.3 cm³/mol. The van der Waals surface area contributed by atoms with Gasteiger partial charge in [-0.1, -0.05) is 17.1 Å². The Bertz CT molecular complexity index is 373. The van der Waals surface area contributed by atoms with Crippen LogP contribution in [0.4, 0.5) is 12.9 Å². The Hall–Kier alpha value is 0.601. The fourth-order valence-electron chi connectivity index (χ4n) is 1.14. The molecule has 0 bridgehead atoms. The van der Waals surface area contributed by atoms with E-state index < -0.39 is 12.4 Å². The third-order valence-electron chi connectivity index (χ3n) is 1.86. The summed E-state index contributed by atoms with van der Waals surface area (Å²) in [5, 5.41) is 0.0816. The molecule has 0 N–H and O–H groups in total. The van der Waals surface area contributed by atoms with Gasteiger partial charge in [-0.2, -0.15) is 0 Å². The van der Waals surface area contributed by atoms with Crippen LogP contribution in [0.15, 0.2) is 12.1 Å².